The van der Waals surface area contributed by atoms with Crippen LogP contribution in [-0.2, 0) is 0 Å². The second-order valence-electron chi connectivity index (χ2n) is 4.66. The van der Waals surface area contributed by atoms with Gasteiger partial charge < -0.3 is 14.4 Å². The van der Waals surface area contributed by atoms with Gasteiger partial charge in [-0.15, -0.1) is 11.3 Å². The number of carbonyl (C=O) groups is 1. The molecule has 1 fully saturated rings. The van der Waals surface area contributed by atoms with Crippen molar-refractivity contribution in [1.82, 2.24) is 14.9 Å². The van der Waals surface area contributed by atoms with Gasteiger partial charge in [0.15, 0.2) is 0 Å². The first-order valence-electron chi connectivity index (χ1n) is 6.62. The van der Waals surface area contributed by atoms with Crippen LogP contribution in [0.25, 0.3) is 0 Å². The average Bonchev–Trinajstić information content (AvgIpc) is 3.18. The number of hydrogen-bond acceptors (Lipinski definition) is 6. The van der Waals surface area contributed by atoms with Crippen LogP contribution < -0.4 is 9.47 Å². The number of nitrogens with zero attached hydrogens (tertiary/aromatic N) is 3. The van der Waals surface area contributed by atoms with Gasteiger partial charge in [0.05, 0.1) is 30.9 Å². The Morgan fingerprint density at radius 1 is 1.43 bits per heavy atom. The summed E-state index contributed by atoms with van der Waals surface area (Å²) < 4.78 is 10.8. The van der Waals surface area contributed by atoms with E-state index in [1.54, 1.807) is 6.20 Å². The minimum atomic E-state index is -0.0599. The highest BCUT2D eigenvalue weighted by Gasteiger charge is 2.29. The Hall–Kier alpha value is -2.15. The van der Waals surface area contributed by atoms with E-state index in [1.165, 1.54) is 24.6 Å². The summed E-state index contributed by atoms with van der Waals surface area (Å²) in [6.07, 6.45) is 3.80. The number of methoxy groups -OCH3 is 1. The van der Waals surface area contributed by atoms with E-state index in [0.29, 0.717) is 24.8 Å². The summed E-state index contributed by atoms with van der Waals surface area (Å²) in [5, 5.41) is 1.91. The number of ether oxygens (including phenoxy) is 2. The summed E-state index contributed by atoms with van der Waals surface area (Å²) in [5.74, 6) is 0.898. The maximum atomic E-state index is 12.2. The van der Waals surface area contributed by atoms with E-state index in [4.69, 9.17) is 9.47 Å². The van der Waals surface area contributed by atoms with Crippen LogP contribution in [0.15, 0.2) is 29.9 Å². The zero-order valence-corrected chi connectivity index (χ0v) is 12.4. The van der Waals surface area contributed by atoms with Crippen molar-refractivity contribution in [3.8, 4) is 11.8 Å². The topological polar surface area (TPSA) is 64.6 Å². The van der Waals surface area contributed by atoms with Crippen LogP contribution in [0.1, 0.15) is 16.1 Å². The summed E-state index contributed by atoms with van der Waals surface area (Å²) >= 11 is 1.46. The van der Waals surface area contributed by atoms with Gasteiger partial charge in [-0.1, -0.05) is 6.07 Å². The molecular formula is C14H15N3O3S. The number of carbonyl (C=O) groups excluding carboxylic acids is 1. The molecule has 1 unspecified atom stereocenters. The van der Waals surface area contributed by atoms with Gasteiger partial charge in [0.1, 0.15) is 6.10 Å². The van der Waals surface area contributed by atoms with Crippen LogP contribution in [0, 0.1) is 0 Å². The Morgan fingerprint density at radius 3 is 3.05 bits per heavy atom. The third-order valence-electron chi connectivity index (χ3n) is 3.25. The first-order valence-corrected chi connectivity index (χ1v) is 7.49. The van der Waals surface area contributed by atoms with Gasteiger partial charge in [-0.2, -0.15) is 4.98 Å². The lowest BCUT2D eigenvalue weighted by molar-refractivity contribution is 0.0775. The van der Waals surface area contributed by atoms with E-state index in [1.807, 2.05) is 22.4 Å². The van der Waals surface area contributed by atoms with Crippen molar-refractivity contribution in [2.75, 3.05) is 20.2 Å². The quantitative estimate of drug-likeness (QED) is 0.862. The van der Waals surface area contributed by atoms with Gasteiger partial charge in [-0.05, 0) is 11.4 Å². The Balaban J connectivity index is 1.60. The normalized spacial score (nSPS) is 17.8. The summed E-state index contributed by atoms with van der Waals surface area (Å²) in [6, 6.07) is 3.72. The second kappa shape index (κ2) is 6.09. The Labute approximate surface area is 126 Å². The Morgan fingerprint density at radius 2 is 2.29 bits per heavy atom. The molecule has 0 saturated carbocycles. The molecule has 1 atom stereocenters. The number of thiophene rings is 1. The molecule has 110 valence electrons. The van der Waals surface area contributed by atoms with Gasteiger partial charge >= 0.3 is 0 Å². The molecule has 1 aliphatic rings. The van der Waals surface area contributed by atoms with E-state index < -0.39 is 0 Å². The van der Waals surface area contributed by atoms with Crippen LogP contribution in [0.4, 0.5) is 0 Å². The number of rotatable bonds is 4. The molecule has 1 aliphatic heterocycles. The van der Waals surface area contributed by atoms with E-state index in [2.05, 4.69) is 9.97 Å². The molecule has 21 heavy (non-hydrogen) atoms. The number of amides is 1. The van der Waals surface area contributed by atoms with Crippen molar-refractivity contribution in [2.45, 2.75) is 12.5 Å². The predicted molar refractivity (Wildman–Crippen MR) is 77.8 cm³/mol. The predicted octanol–water partition coefficient (Wildman–Crippen LogP) is 1.84. The molecule has 1 saturated heterocycles. The SMILES string of the molecule is COc1cncc(OC2CCN(C(=O)c3cccs3)C2)n1. The van der Waals surface area contributed by atoms with E-state index in [9.17, 15) is 4.79 Å². The van der Waals surface area contributed by atoms with Gasteiger partial charge in [-0.3, -0.25) is 9.78 Å². The Bertz CT molecular complexity index is 618. The molecule has 3 rings (SSSR count). The third-order valence-corrected chi connectivity index (χ3v) is 4.11. The Kier molecular flexibility index (Phi) is 4.01. The summed E-state index contributed by atoms with van der Waals surface area (Å²) in [5.41, 5.74) is 0. The van der Waals surface area contributed by atoms with E-state index in [0.717, 1.165) is 11.3 Å². The summed E-state index contributed by atoms with van der Waals surface area (Å²) in [4.78, 5) is 23.0. The number of aromatic nitrogens is 2. The fourth-order valence-corrected chi connectivity index (χ4v) is 2.91. The third kappa shape index (κ3) is 3.13. The smallest absolute Gasteiger partial charge is 0.264 e. The standard InChI is InChI=1S/C14H15N3O3S/c1-19-12-7-15-8-13(16-12)20-10-4-5-17(9-10)14(18)11-3-2-6-21-11/h2-3,6-8,10H,4-5,9H2,1H3. The monoisotopic (exact) mass is 305 g/mol. The highest BCUT2D eigenvalue weighted by Crippen LogP contribution is 2.20. The van der Waals surface area contributed by atoms with Crippen LogP contribution in [0.3, 0.4) is 0 Å². The van der Waals surface area contributed by atoms with Crippen LogP contribution >= 0.6 is 11.3 Å². The molecule has 2 aromatic rings. The van der Waals surface area contributed by atoms with Gasteiger partial charge in [0, 0.05) is 13.0 Å². The molecule has 2 aromatic heterocycles. The zero-order valence-electron chi connectivity index (χ0n) is 11.6. The number of hydrogen-bond donors (Lipinski definition) is 0. The molecule has 1 amide bonds. The molecular weight excluding hydrogens is 290 g/mol. The fourth-order valence-electron chi connectivity index (χ4n) is 2.22. The molecule has 6 nitrogen and oxygen atoms in total. The van der Waals surface area contributed by atoms with Crippen LogP contribution in [0.5, 0.6) is 11.8 Å². The molecule has 0 aromatic carbocycles. The molecule has 0 radical (unpaired) electrons. The zero-order chi connectivity index (χ0) is 14.7. The molecule has 0 spiro atoms. The molecule has 7 heteroatoms. The molecule has 0 bridgehead atoms. The van der Waals surface area contributed by atoms with Crippen molar-refractivity contribution >= 4 is 17.2 Å². The lowest BCUT2D eigenvalue weighted by Gasteiger charge is -2.16. The van der Waals surface area contributed by atoms with Crippen LogP contribution in [0.2, 0.25) is 0 Å². The second-order valence-corrected chi connectivity index (χ2v) is 5.60. The number of likely N-dealkylation sites (tertiary alicyclic amines) is 1. The minimum Gasteiger partial charge on any atom is -0.480 e. The lowest BCUT2D eigenvalue weighted by Crippen LogP contribution is -2.30. The summed E-state index contributed by atoms with van der Waals surface area (Å²) in [6.45, 7) is 1.26. The first-order chi connectivity index (χ1) is 10.3. The lowest BCUT2D eigenvalue weighted by atomic mass is 10.3. The van der Waals surface area contributed by atoms with Crippen molar-refractivity contribution in [3.63, 3.8) is 0 Å². The van der Waals surface area contributed by atoms with Gasteiger partial charge in [-0.25, -0.2) is 0 Å². The van der Waals surface area contributed by atoms with Crippen molar-refractivity contribution < 1.29 is 14.3 Å². The fraction of sp³-hybridized carbons (Fsp3) is 0.357. The maximum Gasteiger partial charge on any atom is 0.264 e. The van der Waals surface area contributed by atoms with E-state index >= 15 is 0 Å². The van der Waals surface area contributed by atoms with Crippen LogP contribution in [-0.4, -0.2) is 47.1 Å². The van der Waals surface area contributed by atoms with Crippen molar-refractivity contribution in [3.05, 3.63) is 34.8 Å². The average molecular weight is 305 g/mol. The molecule has 0 N–H and O–H groups in total. The molecule has 0 aliphatic carbocycles. The van der Waals surface area contributed by atoms with Gasteiger partial charge in [0.25, 0.3) is 5.91 Å². The maximum absolute atomic E-state index is 12.2. The first kappa shape index (κ1) is 13.8. The van der Waals surface area contributed by atoms with Crippen molar-refractivity contribution in [1.29, 1.82) is 0 Å². The van der Waals surface area contributed by atoms with E-state index in [-0.39, 0.29) is 12.0 Å². The highest BCUT2D eigenvalue weighted by atomic mass is 32.1. The van der Waals surface area contributed by atoms with Crippen molar-refractivity contribution in [2.24, 2.45) is 0 Å². The largest absolute Gasteiger partial charge is 0.480 e. The summed E-state index contributed by atoms with van der Waals surface area (Å²) in [7, 11) is 1.53. The molecule has 3 heterocycles. The highest BCUT2D eigenvalue weighted by molar-refractivity contribution is 7.12. The van der Waals surface area contributed by atoms with Gasteiger partial charge in [0.2, 0.25) is 11.8 Å². The minimum absolute atomic E-state index is 0.0599.